The van der Waals surface area contributed by atoms with Gasteiger partial charge in [0.05, 0.1) is 21.7 Å². The highest BCUT2D eigenvalue weighted by Gasteiger charge is 2.22. The Kier molecular flexibility index (Phi) is 5.12. The van der Waals surface area contributed by atoms with Gasteiger partial charge in [0.15, 0.2) is 5.76 Å². The maximum atomic E-state index is 12.7. The van der Waals surface area contributed by atoms with Gasteiger partial charge in [-0.2, -0.15) is 0 Å². The molecule has 1 aromatic carbocycles. The minimum atomic E-state index is -3.89. The summed E-state index contributed by atoms with van der Waals surface area (Å²) >= 11 is 1.03. The van der Waals surface area contributed by atoms with Crippen LogP contribution in [-0.2, 0) is 20.0 Å². The number of thiophene rings is 1. The van der Waals surface area contributed by atoms with Gasteiger partial charge in [0.1, 0.15) is 4.21 Å². The molecule has 0 aliphatic heterocycles. The summed E-state index contributed by atoms with van der Waals surface area (Å²) in [7, 11) is -4.75. The maximum Gasteiger partial charge on any atom is 0.271 e. The number of sulfonamides is 2. The monoisotopic (exact) mass is 427 g/mol. The summed E-state index contributed by atoms with van der Waals surface area (Å²) in [6, 6.07) is 9.03. The zero-order valence-corrected chi connectivity index (χ0v) is 17.2. The van der Waals surface area contributed by atoms with E-state index in [0.29, 0.717) is 16.2 Å². The summed E-state index contributed by atoms with van der Waals surface area (Å²) in [5.41, 5.74) is 0.802. The van der Waals surface area contributed by atoms with Crippen LogP contribution in [0.15, 0.2) is 56.2 Å². The third-order valence-electron chi connectivity index (χ3n) is 3.76. The molecule has 0 amide bonds. The molecule has 0 radical (unpaired) electrons. The van der Waals surface area contributed by atoms with Gasteiger partial charge < -0.3 is 4.52 Å². The Morgan fingerprint density at radius 1 is 1.07 bits per heavy atom. The molecule has 8 nitrogen and oxygen atoms in total. The number of nitrogens with zero attached hydrogens (tertiary/aromatic N) is 2. The Morgan fingerprint density at radius 2 is 1.81 bits per heavy atom. The molecule has 3 rings (SSSR count). The van der Waals surface area contributed by atoms with Gasteiger partial charge in [-0.15, -0.1) is 11.3 Å². The van der Waals surface area contributed by atoms with Crippen LogP contribution in [0.25, 0.3) is 10.6 Å². The van der Waals surface area contributed by atoms with Gasteiger partial charge in [-0.25, -0.2) is 21.1 Å². The number of rotatable bonds is 6. The molecule has 0 saturated heterocycles. The summed E-state index contributed by atoms with van der Waals surface area (Å²) in [5, 5.41) is 3.60. The first kappa shape index (κ1) is 19.5. The predicted octanol–water partition coefficient (Wildman–Crippen LogP) is 2.76. The van der Waals surface area contributed by atoms with E-state index in [1.165, 1.54) is 38.5 Å². The van der Waals surface area contributed by atoms with Crippen molar-refractivity contribution in [2.45, 2.75) is 16.0 Å². The summed E-state index contributed by atoms with van der Waals surface area (Å²) < 4.78 is 58.7. The Morgan fingerprint density at radius 3 is 2.44 bits per heavy atom. The van der Waals surface area contributed by atoms with Crippen molar-refractivity contribution in [1.29, 1.82) is 0 Å². The molecule has 0 bridgehead atoms. The van der Waals surface area contributed by atoms with Crippen molar-refractivity contribution in [3.8, 4) is 10.6 Å². The van der Waals surface area contributed by atoms with Crippen LogP contribution in [0.3, 0.4) is 0 Å². The van der Waals surface area contributed by atoms with E-state index < -0.39 is 20.0 Å². The lowest BCUT2D eigenvalue weighted by molar-refractivity contribution is 0.433. The fourth-order valence-electron chi connectivity index (χ4n) is 2.22. The summed E-state index contributed by atoms with van der Waals surface area (Å²) in [5.74, 6) is 0.469. The van der Waals surface area contributed by atoms with Crippen molar-refractivity contribution in [2.75, 3.05) is 18.8 Å². The number of benzene rings is 1. The van der Waals surface area contributed by atoms with Gasteiger partial charge in [-0.1, -0.05) is 11.2 Å². The highest BCUT2D eigenvalue weighted by molar-refractivity contribution is 7.94. The molecule has 3 aromatic rings. The predicted molar refractivity (Wildman–Crippen MR) is 103 cm³/mol. The van der Waals surface area contributed by atoms with Crippen LogP contribution in [0.1, 0.15) is 5.56 Å². The van der Waals surface area contributed by atoms with Crippen molar-refractivity contribution in [3.63, 3.8) is 0 Å². The van der Waals surface area contributed by atoms with E-state index in [9.17, 15) is 16.8 Å². The van der Waals surface area contributed by atoms with Crippen molar-refractivity contribution < 1.29 is 21.4 Å². The lowest BCUT2D eigenvalue weighted by Gasteiger charge is -2.14. The Balaban J connectivity index is 1.95. The minimum absolute atomic E-state index is 0.00401. The molecular weight excluding hydrogens is 410 g/mol. The molecule has 0 unspecified atom stereocenters. The second-order valence-corrected chi connectivity index (χ2v) is 11.0. The van der Waals surface area contributed by atoms with Crippen LogP contribution in [0.4, 0.5) is 5.69 Å². The van der Waals surface area contributed by atoms with Gasteiger partial charge >= 0.3 is 0 Å². The van der Waals surface area contributed by atoms with E-state index in [2.05, 4.69) is 9.88 Å². The first-order valence-corrected chi connectivity index (χ1v) is 11.4. The van der Waals surface area contributed by atoms with Crippen LogP contribution in [0, 0.1) is 6.92 Å². The molecule has 2 heterocycles. The quantitative estimate of drug-likeness (QED) is 0.648. The first-order chi connectivity index (χ1) is 12.6. The van der Waals surface area contributed by atoms with E-state index in [1.54, 1.807) is 25.1 Å². The molecule has 1 N–H and O–H groups in total. The number of aromatic nitrogens is 1. The SMILES string of the molecule is Cc1ccc(S(=O)(=O)N(C)C)cc1NS(=O)(=O)c1ccc(-c2ccno2)s1. The molecule has 0 saturated carbocycles. The van der Waals surface area contributed by atoms with Gasteiger partial charge in [-0.3, -0.25) is 4.72 Å². The molecule has 0 aliphatic carbocycles. The second kappa shape index (κ2) is 7.08. The maximum absolute atomic E-state index is 12.7. The van der Waals surface area contributed by atoms with E-state index in [-0.39, 0.29) is 14.8 Å². The van der Waals surface area contributed by atoms with E-state index in [0.717, 1.165) is 15.6 Å². The minimum Gasteiger partial charge on any atom is -0.355 e. The van der Waals surface area contributed by atoms with Gasteiger partial charge in [-0.05, 0) is 36.8 Å². The summed E-state index contributed by atoms with van der Waals surface area (Å²) in [6.07, 6.45) is 1.47. The zero-order chi connectivity index (χ0) is 19.8. The van der Waals surface area contributed by atoms with Gasteiger partial charge in [0.25, 0.3) is 10.0 Å². The van der Waals surface area contributed by atoms with Crippen molar-refractivity contribution >= 4 is 37.1 Å². The van der Waals surface area contributed by atoms with E-state index in [1.807, 2.05) is 0 Å². The van der Waals surface area contributed by atoms with Crippen LogP contribution in [0.2, 0.25) is 0 Å². The molecule has 2 aromatic heterocycles. The van der Waals surface area contributed by atoms with Crippen LogP contribution in [-0.4, -0.2) is 40.4 Å². The number of nitrogens with one attached hydrogen (secondary N) is 1. The molecule has 144 valence electrons. The smallest absolute Gasteiger partial charge is 0.271 e. The first-order valence-electron chi connectivity index (χ1n) is 7.68. The standard InChI is InChI=1S/C16H17N3O5S3/c1-11-4-5-12(27(22,23)19(2)3)10-13(11)18-26(20,21)16-7-6-15(25-16)14-8-9-17-24-14/h4-10,18H,1-3H3. The number of hydrogen-bond donors (Lipinski definition) is 1. The molecule has 27 heavy (non-hydrogen) atoms. The molecule has 0 aliphatic rings. The van der Waals surface area contributed by atoms with Crippen molar-refractivity contribution in [2.24, 2.45) is 0 Å². The lowest BCUT2D eigenvalue weighted by Crippen LogP contribution is -2.22. The lowest BCUT2D eigenvalue weighted by atomic mass is 10.2. The third kappa shape index (κ3) is 3.90. The van der Waals surface area contributed by atoms with Crippen LogP contribution < -0.4 is 4.72 Å². The van der Waals surface area contributed by atoms with Crippen molar-refractivity contribution in [3.05, 3.63) is 48.2 Å². The summed E-state index contributed by atoms with van der Waals surface area (Å²) in [4.78, 5) is 0.623. The van der Waals surface area contributed by atoms with E-state index in [4.69, 9.17) is 4.52 Å². The average molecular weight is 428 g/mol. The highest BCUT2D eigenvalue weighted by Crippen LogP contribution is 2.32. The van der Waals surface area contributed by atoms with Crippen molar-refractivity contribution in [1.82, 2.24) is 9.46 Å². The fraction of sp³-hybridized carbons (Fsp3) is 0.188. The number of hydrogen-bond acceptors (Lipinski definition) is 7. The largest absolute Gasteiger partial charge is 0.355 e. The van der Waals surface area contributed by atoms with Gasteiger partial charge in [0, 0.05) is 20.2 Å². The summed E-state index contributed by atoms with van der Waals surface area (Å²) in [6.45, 7) is 1.69. The topological polar surface area (TPSA) is 110 Å². The molecule has 0 spiro atoms. The Hall–Kier alpha value is -2.21. The number of anilines is 1. The molecule has 0 fully saturated rings. The van der Waals surface area contributed by atoms with E-state index >= 15 is 0 Å². The third-order valence-corrected chi connectivity index (χ3v) is 8.53. The molecular formula is C16H17N3O5S3. The molecule has 11 heteroatoms. The fourth-order valence-corrected chi connectivity index (χ4v) is 5.53. The Labute approximate surface area is 161 Å². The van der Waals surface area contributed by atoms with Crippen LogP contribution in [0.5, 0.6) is 0 Å². The van der Waals surface area contributed by atoms with Crippen LogP contribution >= 0.6 is 11.3 Å². The molecule has 0 atom stereocenters. The highest BCUT2D eigenvalue weighted by atomic mass is 32.2. The average Bonchev–Trinajstić information content (AvgIpc) is 3.27. The Bertz CT molecular complexity index is 1160. The number of aryl methyl sites for hydroxylation is 1. The zero-order valence-electron chi connectivity index (χ0n) is 14.7. The normalized spacial score (nSPS) is 12.4. The second-order valence-electron chi connectivity index (χ2n) is 5.87. The van der Waals surface area contributed by atoms with Gasteiger partial charge in [0.2, 0.25) is 10.0 Å².